The van der Waals surface area contributed by atoms with Crippen molar-refractivity contribution in [3.05, 3.63) is 63.5 Å². The van der Waals surface area contributed by atoms with E-state index in [1.165, 1.54) is 12.1 Å². The van der Waals surface area contributed by atoms with E-state index in [9.17, 15) is 18.0 Å². The quantitative estimate of drug-likeness (QED) is 0.455. The number of fused-ring (bicyclic) bond motifs is 2. The minimum Gasteiger partial charge on any atom is -0.390 e. The molecule has 7 nitrogen and oxygen atoms in total. The number of aliphatic hydroxyl groups is 1. The summed E-state index contributed by atoms with van der Waals surface area (Å²) in [5, 5.41) is 21.9. The normalized spacial score (nSPS) is 13.1. The molecule has 2 aromatic heterocycles. The van der Waals surface area contributed by atoms with Crippen molar-refractivity contribution in [3.63, 3.8) is 0 Å². The second-order valence-electron chi connectivity index (χ2n) is 8.04. The Morgan fingerprint density at radius 1 is 1.18 bits per heavy atom. The number of alkyl halides is 2. The molecule has 0 unspecified atom stereocenters. The van der Waals surface area contributed by atoms with Crippen LogP contribution in [-0.4, -0.2) is 31.0 Å². The molecule has 0 amide bonds. The highest BCUT2D eigenvalue weighted by Crippen LogP contribution is 2.34. The molecule has 0 aliphatic heterocycles. The van der Waals surface area contributed by atoms with Gasteiger partial charge in [-0.25, -0.2) is 9.18 Å². The lowest BCUT2D eigenvalue weighted by atomic mass is 10.00. The molecule has 4 rings (SSSR count). The van der Waals surface area contributed by atoms with Crippen LogP contribution in [0.2, 0.25) is 0 Å². The summed E-state index contributed by atoms with van der Waals surface area (Å²) in [4.78, 5) is 12.6. The summed E-state index contributed by atoms with van der Waals surface area (Å²) in [5.41, 5.74) is 1.10. The maximum Gasteiger partial charge on any atom is 0.328 e. The zero-order chi connectivity index (χ0) is 24.1. The first-order valence-electron chi connectivity index (χ1n) is 10.5. The van der Waals surface area contributed by atoms with Gasteiger partial charge in [0.2, 0.25) is 0 Å². The van der Waals surface area contributed by atoms with Gasteiger partial charge < -0.3 is 10.4 Å². The Hall–Kier alpha value is -3.40. The van der Waals surface area contributed by atoms with E-state index in [2.05, 4.69) is 15.5 Å². The zero-order valence-electron chi connectivity index (χ0n) is 18.7. The van der Waals surface area contributed by atoms with E-state index in [4.69, 9.17) is 5.11 Å². The van der Waals surface area contributed by atoms with Crippen molar-refractivity contribution in [2.75, 3.05) is 11.9 Å². The van der Waals surface area contributed by atoms with Gasteiger partial charge >= 0.3 is 5.69 Å². The summed E-state index contributed by atoms with van der Waals surface area (Å²) >= 11 is 0. The third-order valence-electron chi connectivity index (χ3n) is 5.99. The minimum atomic E-state index is -3.70. The fourth-order valence-electron chi connectivity index (χ4n) is 4.12. The maximum atomic E-state index is 14.9. The molecule has 2 N–H and O–H groups in total. The van der Waals surface area contributed by atoms with Crippen LogP contribution in [0.4, 0.5) is 19.0 Å². The number of rotatable bonds is 6. The van der Waals surface area contributed by atoms with Crippen molar-refractivity contribution in [2.24, 2.45) is 7.05 Å². The van der Waals surface area contributed by atoms with Crippen LogP contribution in [-0.2, 0) is 19.5 Å². The highest BCUT2D eigenvalue weighted by Gasteiger charge is 2.35. The van der Waals surface area contributed by atoms with E-state index in [1.807, 2.05) is 19.1 Å². The summed E-state index contributed by atoms with van der Waals surface area (Å²) < 4.78 is 46.1. The molecule has 174 valence electrons. The number of imidazole rings is 1. The van der Waals surface area contributed by atoms with E-state index in [0.29, 0.717) is 23.4 Å². The molecule has 4 aromatic rings. The number of aryl methyl sites for hydroxylation is 3. The van der Waals surface area contributed by atoms with Gasteiger partial charge in [0.1, 0.15) is 12.4 Å². The fourth-order valence-corrected chi connectivity index (χ4v) is 4.12. The second kappa shape index (κ2) is 8.18. The van der Waals surface area contributed by atoms with Gasteiger partial charge in [0, 0.05) is 29.9 Å². The zero-order valence-corrected chi connectivity index (χ0v) is 18.7. The number of hydrogen-bond donors (Lipinski definition) is 2. The molecule has 0 aliphatic rings. The number of aromatic nitrogens is 4. The van der Waals surface area contributed by atoms with Crippen molar-refractivity contribution < 1.29 is 18.3 Å². The van der Waals surface area contributed by atoms with Crippen LogP contribution in [0.25, 0.3) is 21.8 Å². The molecule has 0 saturated heterocycles. The summed E-state index contributed by atoms with van der Waals surface area (Å²) in [6.45, 7) is 4.28. The van der Waals surface area contributed by atoms with E-state index < -0.39 is 30.0 Å². The molecule has 2 heterocycles. The van der Waals surface area contributed by atoms with Gasteiger partial charge in [-0.15, -0.1) is 5.10 Å². The fraction of sp³-hybridized carbons (Fsp3) is 0.348. The Balaban J connectivity index is 1.84. The number of anilines is 1. The van der Waals surface area contributed by atoms with Crippen LogP contribution in [0.3, 0.4) is 0 Å². The van der Waals surface area contributed by atoms with Crippen molar-refractivity contribution in [1.82, 2.24) is 19.3 Å². The molecule has 0 aliphatic carbocycles. The predicted octanol–water partition coefficient (Wildman–Crippen LogP) is 4.01. The molecule has 0 fully saturated rings. The van der Waals surface area contributed by atoms with Crippen molar-refractivity contribution in [2.45, 2.75) is 39.3 Å². The summed E-state index contributed by atoms with van der Waals surface area (Å²) in [5.74, 6) is -4.45. The van der Waals surface area contributed by atoms with Gasteiger partial charge in [-0.3, -0.25) is 9.13 Å². The summed E-state index contributed by atoms with van der Waals surface area (Å²) in [6.07, 6.45) is 0. The van der Waals surface area contributed by atoms with E-state index in [-0.39, 0.29) is 11.3 Å². The van der Waals surface area contributed by atoms with Gasteiger partial charge in [0.05, 0.1) is 28.3 Å². The smallest absolute Gasteiger partial charge is 0.328 e. The Morgan fingerprint density at radius 2 is 1.88 bits per heavy atom. The molecule has 0 saturated carbocycles. The Kier molecular flexibility index (Phi) is 5.65. The summed E-state index contributed by atoms with van der Waals surface area (Å²) in [7, 11) is 1.70. The van der Waals surface area contributed by atoms with Crippen molar-refractivity contribution >= 4 is 27.6 Å². The lowest BCUT2D eigenvalue weighted by Crippen LogP contribution is -2.22. The summed E-state index contributed by atoms with van der Waals surface area (Å²) in [6, 6.07) is 6.64. The average molecular weight is 459 g/mol. The molecular weight excluding hydrogens is 435 g/mol. The standard InChI is InChI=1S/C23H24F3N5O2/c1-5-31-19-10-16-15(9-18(19)30(4)22(31)33)13(3)28-29-21(16)27-12(2)14-7-6-8-17(20(14)24)23(25,26)11-32/h6-10,12,32H,5,11H2,1-4H3,(H,27,29)/t12-/m1/s1. The third-order valence-corrected chi connectivity index (χ3v) is 5.99. The number of halogens is 3. The number of aliphatic hydroxyl groups excluding tert-OH is 1. The third kappa shape index (κ3) is 3.64. The highest BCUT2D eigenvalue weighted by molar-refractivity contribution is 6.01. The maximum absolute atomic E-state index is 14.9. The number of benzene rings is 2. The molecule has 0 spiro atoms. The Bertz CT molecular complexity index is 1430. The first-order valence-corrected chi connectivity index (χ1v) is 10.5. The van der Waals surface area contributed by atoms with Crippen LogP contribution >= 0.6 is 0 Å². The molecule has 33 heavy (non-hydrogen) atoms. The van der Waals surface area contributed by atoms with Crippen LogP contribution in [0.15, 0.2) is 35.1 Å². The number of nitrogens with zero attached hydrogens (tertiary/aromatic N) is 4. The number of hydrogen-bond acceptors (Lipinski definition) is 5. The first kappa shape index (κ1) is 22.8. The Morgan fingerprint density at radius 3 is 2.55 bits per heavy atom. The van der Waals surface area contributed by atoms with Crippen LogP contribution in [0, 0.1) is 12.7 Å². The second-order valence-corrected chi connectivity index (χ2v) is 8.04. The lowest BCUT2D eigenvalue weighted by Gasteiger charge is -2.21. The first-order chi connectivity index (χ1) is 15.6. The molecule has 10 heteroatoms. The van der Waals surface area contributed by atoms with E-state index in [1.54, 1.807) is 30.0 Å². The van der Waals surface area contributed by atoms with Gasteiger partial charge in [-0.05, 0) is 39.0 Å². The SMILES string of the molecule is CCn1c(=O)n(C)c2cc3c(C)nnc(N[C@H](C)c4cccc(C(F)(F)CO)c4F)c3cc21. The number of nitrogens with one attached hydrogen (secondary N) is 1. The van der Waals surface area contributed by atoms with Crippen molar-refractivity contribution in [3.8, 4) is 0 Å². The van der Waals surface area contributed by atoms with E-state index in [0.717, 1.165) is 22.5 Å². The van der Waals surface area contributed by atoms with Gasteiger partial charge in [-0.1, -0.05) is 12.1 Å². The predicted molar refractivity (Wildman–Crippen MR) is 120 cm³/mol. The minimum absolute atomic E-state index is 0.00223. The molecule has 0 bridgehead atoms. The molecule has 0 radical (unpaired) electrons. The Labute approximate surface area is 187 Å². The van der Waals surface area contributed by atoms with Gasteiger partial charge in [-0.2, -0.15) is 13.9 Å². The van der Waals surface area contributed by atoms with Crippen LogP contribution in [0.1, 0.15) is 36.7 Å². The van der Waals surface area contributed by atoms with Crippen molar-refractivity contribution in [1.29, 1.82) is 0 Å². The van der Waals surface area contributed by atoms with Gasteiger partial charge in [0.15, 0.2) is 5.82 Å². The van der Waals surface area contributed by atoms with E-state index >= 15 is 0 Å². The molecule has 1 atom stereocenters. The van der Waals surface area contributed by atoms with Crippen LogP contribution < -0.4 is 11.0 Å². The molecular formula is C23H24F3N5O2. The largest absolute Gasteiger partial charge is 0.390 e. The lowest BCUT2D eigenvalue weighted by molar-refractivity contribution is -0.0583. The van der Waals surface area contributed by atoms with Crippen LogP contribution in [0.5, 0.6) is 0 Å². The monoisotopic (exact) mass is 459 g/mol. The molecule has 2 aromatic carbocycles. The topological polar surface area (TPSA) is 85.0 Å². The highest BCUT2D eigenvalue weighted by atomic mass is 19.3. The average Bonchev–Trinajstić information content (AvgIpc) is 3.03. The van der Waals surface area contributed by atoms with Gasteiger partial charge in [0.25, 0.3) is 5.92 Å².